The molecular formula is C43H50N4O6. The van der Waals surface area contributed by atoms with Crippen molar-refractivity contribution in [1.29, 1.82) is 0 Å². The number of piperidine rings is 3. The molecule has 8 fully saturated rings. The van der Waals surface area contributed by atoms with Crippen LogP contribution in [0.3, 0.4) is 0 Å². The molecule has 0 radical (unpaired) electrons. The second-order valence-electron chi connectivity index (χ2n) is 18.9. The van der Waals surface area contributed by atoms with Crippen molar-refractivity contribution in [3.05, 3.63) is 64.9 Å². The summed E-state index contributed by atoms with van der Waals surface area (Å²) in [5.41, 5.74) is 4.37. The number of nitrogens with zero attached hydrogens (tertiary/aromatic N) is 3. The number of aliphatic hydroxyl groups is 1. The number of carbonyl (C=O) groups excluding carboxylic acids is 1. The lowest BCUT2D eigenvalue weighted by molar-refractivity contribution is -0.232. The maximum atomic E-state index is 14.0. The minimum atomic E-state index is -1.04. The van der Waals surface area contributed by atoms with E-state index in [9.17, 15) is 9.90 Å². The molecule has 2 N–H and O–H groups in total. The molecule has 2 aliphatic carbocycles. The van der Waals surface area contributed by atoms with E-state index < -0.39 is 11.1 Å². The summed E-state index contributed by atoms with van der Waals surface area (Å²) in [5.74, 6) is 0.674. The fourth-order valence-electron chi connectivity index (χ4n) is 16.8. The lowest BCUT2D eigenvalue weighted by Crippen LogP contribution is -2.81. The van der Waals surface area contributed by atoms with Crippen molar-refractivity contribution in [3.8, 4) is 5.75 Å². The number of hydrogen-bond donors (Lipinski definition) is 2. The molecule has 0 unspecified atom stereocenters. The van der Waals surface area contributed by atoms with Crippen LogP contribution in [0.2, 0.25) is 0 Å². The highest BCUT2D eigenvalue weighted by atomic mass is 16.5. The van der Waals surface area contributed by atoms with Crippen LogP contribution in [-0.4, -0.2) is 111 Å². The van der Waals surface area contributed by atoms with Gasteiger partial charge in [0.05, 0.1) is 48.5 Å². The minimum absolute atomic E-state index is 0.00339. The van der Waals surface area contributed by atoms with Crippen molar-refractivity contribution in [1.82, 2.24) is 9.80 Å². The number of para-hydroxylation sites is 2. The maximum absolute atomic E-state index is 14.0. The van der Waals surface area contributed by atoms with E-state index in [1.54, 1.807) is 7.11 Å². The Morgan fingerprint density at radius 1 is 0.887 bits per heavy atom. The van der Waals surface area contributed by atoms with Crippen LogP contribution in [0.5, 0.6) is 5.75 Å². The molecule has 11 aliphatic rings. The van der Waals surface area contributed by atoms with E-state index in [0.717, 1.165) is 106 Å². The topological polar surface area (TPSA) is 96.0 Å². The van der Waals surface area contributed by atoms with E-state index in [0.29, 0.717) is 19.6 Å². The number of hydrogen-bond acceptors (Lipinski definition) is 10. The summed E-state index contributed by atoms with van der Waals surface area (Å²) < 4.78 is 25.8. The first kappa shape index (κ1) is 31.1. The number of esters is 1. The predicted octanol–water partition coefficient (Wildman–Crippen LogP) is 4.16. The third-order valence-electron chi connectivity index (χ3n) is 17.7. The van der Waals surface area contributed by atoms with E-state index >= 15 is 0 Å². The minimum Gasteiger partial charge on any atom is -0.495 e. The van der Waals surface area contributed by atoms with Crippen molar-refractivity contribution < 1.29 is 28.8 Å². The number of anilines is 2. The van der Waals surface area contributed by atoms with E-state index in [2.05, 4.69) is 62.5 Å². The average molecular weight is 719 g/mol. The molecule has 0 aromatic heterocycles. The number of benzene rings is 2. The maximum Gasteiger partial charge on any atom is 0.335 e. The molecule has 10 nitrogen and oxygen atoms in total. The molecular weight excluding hydrogens is 668 g/mol. The molecule has 0 bridgehead atoms. The van der Waals surface area contributed by atoms with E-state index in [1.165, 1.54) is 18.2 Å². The fourth-order valence-corrected chi connectivity index (χ4v) is 16.8. The summed E-state index contributed by atoms with van der Waals surface area (Å²) in [5, 5.41) is 17.8. The van der Waals surface area contributed by atoms with Gasteiger partial charge in [-0.1, -0.05) is 30.3 Å². The standard InChI is InChI=1S/C43H50N4O6/c1-50-30-9-5-7-28-32(30)47-24-38(20-25-21-39-13-18-52-31(39)10-15-45-17-12-42(28,36(39)45)43(25,47)49)23-46-16-11-41-27-6-3-4-8-29(27)44-33(41)26(34(48)51-2)22-40(35(41)46)14-19-53-37(38)40/h3-9,25,31,35-37,44,49H,10-24H2,1-2H3/t25-,31+,35+,36+,37+,38+,39-,40+,41+,42+,43-/m1/s1. The fraction of sp³-hybridized carbons (Fsp3) is 0.651. The second kappa shape index (κ2) is 9.62. The molecule has 13 rings (SSSR count). The number of fused-ring (bicyclic) bond motifs is 4. The molecule has 5 spiro atoms. The molecule has 9 aliphatic heterocycles. The highest BCUT2D eigenvalue weighted by molar-refractivity contribution is 5.93. The predicted molar refractivity (Wildman–Crippen MR) is 196 cm³/mol. The third-order valence-corrected chi connectivity index (χ3v) is 17.7. The molecule has 11 atom stereocenters. The first-order valence-electron chi connectivity index (χ1n) is 20.4. The summed E-state index contributed by atoms with van der Waals surface area (Å²) in [4.78, 5) is 22.0. The van der Waals surface area contributed by atoms with E-state index in [1.807, 2.05) is 0 Å². The van der Waals surface area contributed by atoms with Crippen LogP contribution in [0.4, 0.5) is 11.4 Å². The van der Waals surface area contributed by atoms with Gasteiger partial charge in [0.15, 0.2) is 5.72 Å². The summed E-state index contributed by atoms with van der Waals surface area (Å²) in [6.45, 7) is 6.12. The van der Waals surface area contributed by atoms with Gasteiger partial charge in [0, 0.05) is 78.5 Å². The van der Waals surface area contributed by atoms with Crippen LogP contribution in [0.1, 0.15) is 62.5 Å². The quantitative estimate of drug-likeness (QED) is 0.441. The SMILES string of the molecule is COC(=O)C1=C2Nc3ccccc3[C@@]23CCN2C[C@]4(C[C@@H]5C[C@]67CCO[C@H]6CCN6CC[C@]8(c9cccc(OC)c9N(C4)[C@@]58O)[C@@H]67)[C@@H]4OCC[C@]4(C1)[C@H]23. The van der Waals surface area contributed by atoms with Crippen LogP contribution in [0, 0.1) is 22.2 Å². The Morgan fingerprint density at radius 3 is 2.60 bits per heavy atom. The van der Waals surface area contributed by atoms with Gasteiger partial charge < -0.3 is 34.3 Å². The Morgan fingerprint density at radius 2 is 1.72 bits per heavy atom. The van der Waals surface area contributed by atoms with Gasteiger partial charge in [0.1, 0.15) is 5.75 Å². The zero-order valence-corrected chi connectivity index (χ0v) is 30.9. The van der Waals surface area contributed by atoms with Gasteiger partial charge in [0.25, 0.3) is 0 Å². The Labute approximate surface area is 310 Å². The van der Waals surface area contributed by atoms with Gasteiger partial charge in [-0.15, -0.1) is 0 Å². The molecule has 7 saturated heterocycles. The van der Waals surface area contributed by atoms with Gasteiger partial charge in [-0.05, 0) is 87.7 Å². The lowest BCUT2D eigenvalue weighted by Gasteiger charge is -2.70. The molecule has 2 aromatic rings. The van der Waals surface area contributed by atoms with Crippen LogP contribution in [0.25, 0.3) is 0 Å². The van der Waals surface area contributed by atoms with Gasteiger partial charge >= 0.3 is 5.97 Å². The van der Waals surface area contributed by atoms with Crippen molar-refractivity contribution in [2.24, 2.45) is 22.2 Å². The van der Waals surface area contributed by atoms with Crippen molar-refractivity contribution in [2.45, 2.75) is 92.2 Å². The summed E-state index contributed by atoms with van der Waals surface area (Å²) in [6.07, 6.45) is 7.62. The Kier molecular flexibility index (Phi) is 5.64. The summed E-state index contributed by atoms with van der Waals surface area (Å²) in [6, 6.07) is 15.8. The van der Waals surface area contributed by atoms with Crippen LogP contribution < -0.4 is 15.0 Å². The first-order chi connectivity index (χ1) is 25.8. The summed E-state index contributed by atoms with van der Waals surface area (Å²) >= 11 is 0. The molecule has 2 aromatic carbocycles. The lowest BCUT2D eigenvalue weighted by atomic mass is 9.43. The zero-order chi connectivity index (χ0) is 35.3. The number of rotatable bonds is 2. The van der Waals surface area contributed by atoms with Crippen LogP contribution in [-0.2, 0) is 29.8 Å². The normalized spacial score (nSPS) is 47.6. The number of methoxy groups -OCH3 is 2. The van der Waals surface area contributed by atoms with Gasteiger partial charge in [0.2, 0.25) is 0 Å². The zero-order valence-electron chi connectivity index (χ0n) is 30.9. The average Bonchev–Trinajstić information content (AvgIpc) is 4.02. The number of nitrogens with one attached hydrogen (secondary N) is 1. The summed E-state index contributed by atoms with van der Waals surface area (Å²) in [7, 11) is 3.32. The van der Waals surface area contributed by atoms with Crippen molar-refractivity contribution in [2.75, 3.05) is 70.4 Å². The molecule has 53 heavy (non-hydrogen) atoms. The van der Waals surface area contributed by atoms with Crippen molar-refractivity contribution >= 4 is 17.3 Å². The third kappa shape index (κ3) is 3.07. The van der Waals surface area contributed by atoms with E-state index in [-0.39, 0.29) is 57.8 Å². The van der Waals surface area contributed by atoms with Crippen LogP contribution >= 0.6 is 0 Å². The molecule has 278 valence electrons. The van der Waals surface area contributed by atoms with E-state index in [4.69, 9.17) is 18.9 Å². The number of carbonyl (C=O) groups is 1. The smallest absolute Gasteiger partial charge is 0.335 e. The monoisotopic (exact) mass is 718 g/mol. The molecule has 10 heteroatoms. The highest BCUT2D eigenvalue weighted by Crippen LogP contribution is 2.77. The van der Waals surface area contributed by atoms with Crippen molar-refractivity contribution in [3.63, 3.8) is 0 Å². The van der Waals surface area contributed by atoms with Gasteiger partial charge in [-0.25, -0.2) is 4.79 Å². The first-order valence-corrected chi connectivity index (χ1v) is 20.4. The van der Waals surface area contributed by atoms with Crippen LogP contribution in [0.15, 0.2) is 53.7 Å². The molecule has 9 heterocycles. The number of ether oxygens (including phenoxy) is 4. The van der Waals surface area contributed by atoms with Gasteiger partial charge in [-0.2, -0.15) is 0 Å². The Balaban J connectivity index is 1.02. The second-order valence-corrected chi connectivity index (χ2v) is 18.9. The molecule has 1 saturated carbocycles. The largest absolute Gasteiger partial charge is 0.495 e. The Bertz CT molecular complexity index is 2060. The highest BCUT2D eigenvalue weighted by Gasteiger charge is 2.83. The Hall–Kier alpha value is -3.15. The molecule has 0 amide bonds. The van der Waals surface area contributed by atoms with Gasteiger partial charge in [-0.3, -0.25) is 9.80 Å².